The highest BCUT2D eigenvalue weighted by Crippen LogP contribution is 2.13. The van der Waals surface area contributed by atoms with E-state index in [1.165, 1.54) is 12.3 Å². The van der Waals surface area contributed by atoms with Crippen LogP contribution in [0.4, 0.5) is 0 Å². The lowest BCUT2D eigenvalue weighted by molar-refractivity contribution is -0.124. The summed E-state index contributed by atoms with van der Waals surface area (Å²) in [4.78, 5) is 40.8. The van der Waals surface area contributed by atoms with Crippen LogP contribution >= 0.6 is 0 Å². The normalized spacial score (nSPS) is 11.4. The van der Waals surface area contributed by atoms with Crippen LogP contribution in [0.25, 0.3) is 0 Å². The van der Waals surface area contributed by atoms with Gasteiger partial charge in [-0.2, -0.15) is 0 Å². The van der Waals surface area contributed by atoms with Crippen LogP contribution in [0.3, 0.4) is 0 Å². The summed E-state index contributed by atoms with van der Waals surface area (Å²) < 4.78 is 5.35. The molecule has 3 N–H and O–H groups in total. The first-order valence-corrected chi connectivity index (χ1v) is 8.97. The standard InChI is InChI=1S/C20H24N4O4/c1-4-28-15-10-8-14(9-11-15)18(25)22-17(13(2)3)20(27)24-23-19(26)16-7-5-6-12-21-16/h5-13,17H,4H2,1-3H3,(H,22,25)(H,23,26)(H,24,27)/t17-/m0/s1. The molecule has 1 heterocycles. The predicted molar refractivity (Wildman–Crippen MR) is 104 cm³/mol. The molecule has 1 aromatic carbocycles. The number of carbonyl (C=O) groups is 3. The number of aromatic nitrogens is 1. The van der Waals surface area contributed by atoms with Crippen molar-refractivity contribution in [2.45, 2.75) is 26.8 Å². The lowest BCUT2D eigenvalue weighted by Crippen LogP contribution is -2.54. The number of benzene rings is 1. The van der Waals surface area contributed by atoms with Crippen LogP contribution < -0.4 is 20.9 Å². The number of carbonyl (C=O) groups excluding carboxylic acids is 3. The van der Waals surface area contributed by atoms with Gasteiger partial charge in [0.25, 0.3) is 17.7 Å². The van der Waals surface area contributed by atoms with Gasteiger partial charge >= 0.3 is 0 Å². The summed E-state index contributed by atoms with van der Waals surface area (Å²) in [6, 6.07) is 10.7. The van der Waals surface area contributed by atoms with Gasteiger partial charge < -0.3 is 10.1 Å². The van der Waals surface area contributed by atoms with Gasteiger partial charge in [0, 0.05) is 11.8 Å². The molecule has 0 radical (unpaired) electrons. The largest absolute Gasteiger partial charge is 0.494 e. The molecule has 0 fully saturated rings. The fraction of sp³-hybridized carbons (Fsp3) is 0.300. The lowest BCUT2D eigenvalue weighted by atomic mass is 10.0. The maximum Gasteiger partial charge on any atom is 0.288 e. The number of amides is 3. The molecule has 8 heteroatoms. The molecule has 28 heavy (non-hydrogen) atoms. The second-order valence-corrected chi connectivity index (χ2v) is 6.31. The summed E-state index contributed by atoms with van der Waals surface area (Å²) in [6.07, 6.45) is 1.48. The van der Waals surface area contributed by atoms with E-state index in [9.17, 15) is 14.4 Å². The Morgan fingerprint density at radius 2 is 1.71 bits per heavy atom. The van der Waals surface area contributed by atoms with Gasteiger partial charge in [-0.15, -0.1) is 0 Å². The van der Waals surface area contributed by atoms with E-state index >= 15 is 0 Å². The Bertz CT molecular complexity index is 807. The van der Waals surface area contributed by atoms with Crippen LogP contribution in [0, 0.1) is 5.92 Å². The minimum Gasteiger partial charge on any atom is -0.494 e. The van der Waals surface area contributed by atoms with Crippen molar-refractivity contribution in [3.05, 3.63) is 59.9 Å². The van der Waals surface area contributed by atoms with Crippen molar-refractivity contribution in [1.82, 2.24) is 21.2 Å². The van der Waals surface area contributed by atoms with E-state index in [2.05, 4.69) is 21.2 Å². The number of ether oxygens (including phenoxy) is 1. The first-order chi connectivity index (χ1) is 13.4. The summed E-state index contributed by atoms with van der Waals surface area (Å²) in [5.41, 5.74) is 5.20. The van der Waals surface area contributed by atoms with Crippen molar-refractivity contribution in [3.63, 3.8) is 0 Å². The van der Waals surface area contributed by atoms with Crippen molar-refractivity contribution in [2.24, 2.45) is 5.92 Å². The Morgan fingerprint density at radius 3 is 2.29 bits per heavy atom. The minimum atomic E-state index is -0.830. The molecule has 0 unspecified atom stereocenters. The minimum absolute atomic E-state index is 0.169. The van der Waals surface area contributed by atoms with Crippen molar-refractivity contribution in [3.8, 4) is 5.75 Å². The second-order valence-electron chi connectivity index (χ2n) is 6.31. The van der Waals surface area contributed by atoms with E-state index in [0.29, 0.717) is 17.9 Å². The van der Waals surface area contributed by atoms with Crippen molar-refractivity contribution in [2.75, 3.05) is 6.61 Å². The fourth-order valence-corrected chi connectivity index (χ4v) is 2.39. The molecule has 8 nitrogen and oxygen atoms in total. The summed E-state index contributed by atoms with van der Waals surface area (Å²) >= 11 is 0. The Kier molecular flexibility index (Phi) is 7.50. The molecule has 2 rings (SSSR count). The number of pyridine rings is 1. The number of nitrogens with one attached hydrogen (secondary N) is 3. The predicted octanol–water partition coefficient (Wildman–Crippen LogP) is 1.70. The Morgan fingerprint density at radius 1 is 1.00 bits per heavy atom. The first-order valence-electron chi connectivity index (χ1n) is 8.97. The van der Waals surface area contributed by atoms with Crippen molar-refractivity contribution < 1.29 is 19.1 Å². The molecule has 0 aliphatic rings. The molecule has 1 atom stereocenters. The molecule has 0 saturated carbocycles. The summed E-state index contributed by atoms with van der Waals surface area (Å²) in [5, 5.41) is 2.69. The van der Waals surface area contributed by atoms with E-state index in [0.717, 1.165) is 0 Å². The summed E-state index contributed by atoms with van der Waals surface area (Å²) in [5.74, 6) is -1.01. The Labute approximate surface area is 163 Å². The molecule has 148 valence electrons. The van der Waals surface area contributed by atoms with Gasteiger partial charge in [0.05, 0.1) is 6.61 Å². The van der Waals surface area contributed by atoms with Gasteiger partial charge in [-0.3, -0.25) is 30.2 Å². The highest BCUT2D eigenvalue weighted by atomic mass is 16.5. The van der Waals surface area contributed by atoms with Gasteiger partial charge in [0.2, 0.25) is 0 Å². The van der Waals surface area contributed by atoms with Gasteiger partial charge in [-0.1, -0.05) is 19.9 Å². The molecule has 0 saturated heterocycles. The number of hydrazine groups is 1. The van der Waals surface area contributed by atoms with Crippen LogP contribution in [-0.4, -0.2) is 35.4 Å². The third kappa shape index (κ3) is 5.80. The number of hydrogen-bond donors (Lipinski definition) is 3. The van der Waals surface area contributed by atoms with E-state index in [1.807, 2.05) is 6.92 Å². The molecular weight excluding hydrogens is 360 g/mol. The van der Waals surface area contributed by atoms with Gasteiger partial charge in [-0.25, -0.2) is 0 Å². The van der Waals surface area contributed by atoms with Crippen LogP contribution in [0.1, 0.15) is 41.6 Å². The van der Waals surface area contributed by atoms with Crippen molar-refractivity contribution in [1.29, 1.82) is 0 Å². The smallest absolute Gasteiger partial charge is 0.288 e. The Balaban J connectivity index is 1.96. The number of nitrogens with zero attached hydrogens (tertiary/aromatic N) is 1. The molecule has 0 spiro atoms. The topological polar surface area (TPSA) is 109 Å². The summed E-state index contributed by atoms with van der Waals surface area (Å²) in [7, 11) is 0. The zero-order valence-corrected chi connectivity index (χ0v) is 16.1. The molecule has 1 aromatic heterocycles. The third-order valence-corrected chi connectivity index (χ3v) is 3.86. The van der Waals surface area contributed by atoms with Crippen LogP contribution in [0.2, 0.25) is 0 Å². The SMILES string of the molecule is CCOc1ccc(C(=O)N[C@H](C(=O)NNC(=O)c2ccccn2)C(C)C)cc1. The molecule has 2 aromatic rings. The van der Waals surface area contributed by atoms with Gasteiger partial charge in [0.1, 0.15) is 17.5 Å². The highest BCUT2D eigenvalue weighted by molar-refractivity contribution is 5.98. The lowest BCUT2D eigenvalue weighted by Gasteiger charge is -2.22. The average molecular weight is 384 g/mol. The monoisotopic (exact) mass is 384 g/mol. The molecule has 0 aliphatic heterocycles. The van der Waals surface area contributed by atoms with E-state index in [4.69, 9.17) is 4.74 Å². The van der Waals surface area contributed by atoms with E-state index < -0.39 is 23.8 Å². The quantitative estimate of drug-likeness (QED) is 0.630. The molecule has 0 aliphatic carbocycles. The zero-order chi connectivity index (χ0) is 20.5. The van der Waals surface area contributed by atoms with Crippen LogP contribution in [0.15, 0.2) is 48.7 Å². The van der Waals surface area contributed by atoms with E-state index in [-0.39, 0.29) is 11.6 Å². The molecular formula is C20H24N4O4. The molecule has 0 bridgehead atoms. The molecule has 3 amide bonds. The Hall–Kier alpha value is -3.42. The van der Waals surface area contributed by atoms with Crippen LogP contribution in [-0.2, 0) is 4.79 Å². The van der Waals surface area contributed by atoms with Crippen molar-refractivity contribution >= 4 is 17.7 Å². The maximum atomic E-state index is 12.5. The van der Waals surface area contributed by atoms with Crippen LogP contribution in [0.5, 0.6) is 5.75 Å². The third-order valence-electron chi connectivity index (χ3n) is 3.86. The fourth-order valence-electron chi connectivity index (χ4n) is 2.39. The van der Waals surface area contributed by atoms with E-state index in [1.54, 1.807) is 50.2 Å². The zero-order valence-electron chi connectivity index (χ0n) is 16.1. The van der Waals surface area contributed by atoms with Gasteiger partial charge in [-0.05, 0) is 49.2 Å². The average Bonchev–Trinajstić information content (AvgIpc) is 2.71. The highest BCUT2D eigenvalue weighted by Gasteiger charge is 2.25. The number of hydrogen-bond acceptors (Lipinski definition) is 5. The second kappa shape index (κ2) is 10.1. The first kappa shape index (κ1) is 20.9. The summed E-state index contributed by atoms with van der Waals surface area (Å²) in [6.45, 7) is 6.00. The maximum absolute atomic E-state index is 12.5. The van der Waals surface area contributed by atoms with Gasteiger partial charge in [0.15, 0.2) is 0 Å². The number of rotatable bonds is 7.